The fourth-order valence-corrected chi connectivity index (χ4v) is 2.56. The molecule has 2 aromatic carbocycles. The molecule has 112 valence electrons. The second kappa shape index (κ2) is 7.84. The van der Waals surface area contributed by atoms with Gasteiger partial charge in [0.25, 0.3) is 0 Å². The molecule has 0 heterocycles. The van der Waals surface area contributed by atoms with E-state index in [1.165, 1.54) is 11.1 Å². The van der Waals surface area contributed by atoms with Crippen LogP contribution in [0.1, 0.15) is 37.4 Å². The summed E-state index contributed by atoms with van der Waals surface area (Å²) in [6.45, 7) is 4.46. The van der Waals surface area contributed by atoms with Crippen molar-refractivity contribution in [2.75, 3.05) is 7.11 Å². The highest BCUT2D eigenvalue weighted by Crippen LogP contribution is 2.19. The van der Waals surface area contributed by atoms with Gasteiger partial charge in [-0.1, -0.05) is 49.4 Å². The normalized spacial score (nSPS) is 13.7. The number of hydrogen-bond donors (Lipinski definition) is 1. The second-order valence-corrected chi connectivity index (χ2v) is 5.46. The van der Waals surface area contributed by atoms with Gasteiger partial charge in [0, 0.05) is 12.1 Å². The molecule has 0 saturated heterocycles. The molecule has 2 rings (SSSR count). The largest absolute Gasteiger partial charge is 0.497 e. The van der Waals surface area contributed by atoms with Gasteiger partial charge in [-0.15, -0.1) is 0 Å². The fourth-order valence-electron chi connectivity index (χ4n) is 2.56. The number of rotatable bonds is 7. The zero-order chi connectivity index (χ0) is 15.1. The topological polar surface area (TPSA) is 21.3 Å². The molecule has 0 bridgehead atoms. The maximum atomic E-state index is 5.21. The monoisotopic (exact) mass is 283 g/mol. The van der Waals surface area contributed by atoms with Gasteiger partial charge in [-0.3, -0.25) is 0 Å². The van der Waals surface area contributed by atoms with E-state index in [2.05, 4.69) is 61.6 Å². The number of nitrogens with one attached hydrogen (secondary N) is 1. The molecule has 0 aliphatic heterocycles. The van der Waals surface area contributed by atoms with E-state index in [9.17, 15) is 0 Å². The Morgan fingerprint density at radius 3 is 2.24 bits per heavy atom. The molecule has 2 heteroatoms. The van der Waals surface area contributed by atoms with Crippen molar-refractivity contribution in [2.24, 2.45) is 0 Å². The Morgan fingerprint density at radius 2 is 1.67 bits per heavy atom. The van der Waals surface area contributed by atoms with Gasteiger partial charge in [-0.05, 0) is 43.0 Å². The molecule has 0 saturated carbocycles. The van der Waals surface area contributed by atoms with Crippen molar-refractivity contribution in [2.45, 2.75) is 38.8 Å². The van der Waals surface area contributed by atoms with Gasteiger partial charge < -0.3 is 10.1 Å². The van der Waals surface area contributed by atoms with Gasteiger partial charge in [-0.25, -0.2) is 0 Å². The van der Waals surface area contributed by atoms with Crippen molar-refractivity contribution in [3.63, 3.8) is 0 Å². The van der Waals surface area contributed by atoms with Crippen molar-refractivity contribution >= 4 is 0 Å². The van der Waals surface area contributed by atoms with Gasteiger partial charge in [0.2, 0.25) is 0 Å². The Kier molecular flexibility index (Phi) is 5.82. The van der Waals surface area contributed by atoms with E-state index in [4.69, 9.17) is 4.74 Å². The minimum atomic E-state index is 0.338. The van der Waals surface area contributed by atoms with E-state index in [0.717, 1.165) is 18.6 Å². The van der Waals surface area contributed by atoms with Crippen LogP contribution in [0.5, 0.6) is 5.75 Å². The van der Waals surface area contributed by atoms with Crippen LogP contribution in [0.15, 0.2) is 54.6 Å². The van der Waals surface area contributed by atoms with E-state index in [1.54, 1.807) is 7.11 Å². The first-order valence-electron chi connectivity index (χ1n) is 7.66. The fraction of sp³-hybridized carbons (Fsp3) is 0.368. The molecule has 0 amide bonds. The first-order valence-corrected chi connectivity index (χ1v) is 7.66. The Hall–Kier alpha value is -1.80. The van der Waals surface area contributed by atoms with Crippen LogP contribution in [0, 0.1) is 0 Å². The van der Waals surface area contributed by atoms with E-state index in [-0.39, 0.29) is 0 Å². The first-order chi connectivity index (χ1) is 10.2. The predicted octanol–water partition coefficient (Wildman–Crippen LogP) is 4.37. The lowest BCUT2D eigenvalue weighted by Gasteiger charge is -2.23. The predicted molar refractivity (Wildman–Crippen MR) is 88.8 cm³/mol. The Bertz CT molecular complexity index is 521. The molecule has 0 fully saturated rings. The quantitative estimate of drug-likeness (QED) is 0.815. The Labute approximate surface area is 128 Å². The van der Waals surface area contributed by atoms with Crippen molar-refractivity contribution in [3.8, 4) is 5.75 Å². The maximum Gasteiger partial charge on any atom is 0.118 e. The summed E-state index contributed by atoms with van der Waals surface area (Å²) in [5, 5.41) is 3.73. The summed E-state index contributed by atoms with van der Waals surface area (Å²) in [5.74, 6) is 0.905. The molecule has 0 aromatic heterocycles. The first kappa shape index (κ1) is 15.6. The summed E-state index contributed by atoms with van der Waals surface area (Å²) in [4.78, 5) is 0. The van der Waals surface area contributed by atoms with Crippen molar-refractivity contribution < 1.29 is 4.74 Å². The van der Waals surface area contributed by atoms with Crippen LogP contribution in [0.2, 0.25) is 0 Å². The van der Waals surface area contributed by atoms with Crippen LogP contribution >= 0.6 is 0 Å². The van der Waals surface area contributed by atoms with Crippen LogP contribution in [0.4, 0.5) is 0 Å². The molecule has 0 radical (unpaired) electrons. The maximum absolute atomic E-state index is 5.21. The third kappa shape index (κ3) is 4.61. The van der Waals surface area contributed by atoms with Gasteiger partial charge in [0.05, 0.1) is 7.11 Å². The summed E-state index contributed by atoms with van der Waals surface area (Å²) < 4.78 is 5.21. The SMILES string of the molecule is CCC(Cc1ccccc1)N[C@H](C)c1ccc(OC)cc1. The molecule has 21 heavy (non-hydrogen) atoms. The van der Waals surface area contributed by atoms with Crippen molar-refractivity contribution in [3.05, 3.63) is 65.7 Å². The molecule has 2 nitrogen and oxygen atoms in total. The molecule has 1 N–H and O–H groups in total. The van der Waals surface area contributed by atoms with Crippen molar-refractivity contribution in [1.29, 1.82) is 0 Å². The molecular formula is C19H25NO. The molecule has 0 spiro atoms. The third-order valence-corrected chi connectivity index (χ3v) is 3.92. The Morgan fingerprint density at radius 1 is 1.00 bits per heavy atom. The number of methoxy groups -OCH3 is 1. The zero-order valence-corrected chi connectivity index (χ0v) is 13.2. The van der Waals surface area contributed by atoms with E-state index < -0.39 is 0 Å². The van der Waals surface area contributed by atoms with Crippen LogP contribution in [-0.4, -0.2) is 13.2 Å². The highest BCUT2D eigenvalue weighted by molar-refractivity contribution is 5.29. The summed E-state index contributed by atoms with van der Waals surface area (Å²) in [6, 6.07) is 19.8. The number of benzene rings is 2. The van der Waals surface area contributed by atoms with Crippen molar-refractivity contribution in [1.82, 2.24) is 5.32 Å². The van der Waals surface area contributed by atoms with Gasteiger partial charge in [-0.2, -0.15) is 0 Å². The minimum Gasteiger partial charge on any atom is -0.497 e. The van der Waals surface area contributed by atoms with E-state index in [0.29, 0.717) is 12.1 Å². The highest BCUT2D eigenvalue weighted by Gasteiger charge is 2.12. The lowest BCUT2D eigenvalue weighted by molar-refractivity contribution is 0.413. The molecular weight excluding hydrogens is 258 g/mol. The molecule has 1 unspecified atom stereocenters. The molecule has 2 atom stereocenters. The lowest BCUT2D eigenvalue weighted by Crippen LogP contribution is -2.32. The highest BCUT2D eigenvalue weighted by atomic mass is 16.5. The number of hydrogen-bond acceptors (Lipinski definition) is 2. The zero-order valence-electron chi connectivity index (χ0n) is 13.2. The second-order valence-electron chi connectivity index (χ2n) is 5.46. The number of ether oxygens (including phenoxy) is 1. The smallest absolute Gasteiger partial charge is 0.118 e. The average Bonchev–Trinajstić information content (AvgIpc) is 2.55. The van der Waals surface area contributed by atoms with Crippen LogP contribution in [0.25, 0.3) is 0 Å². The van der Waals surface area contributed by atoms with Gasteiger partial charge in [0.1, 0.15) is 5.75 Å². The van der Waals surface area contributed by atoms with Crippen LogP contribution < -0.4 is 10.1 Å². The third-order valence-electron chi connectivity index (χ3n) is 3.92. The van der Waals surface area contributed by atoms with E-state index >= 15 is 0 Å². The molecule has 0 aliphatic carbocycles. The van der Waals surface area contributed by atoms with Gasteiger partial charge >= 0.3 is 0 Å². The standard InChI is InChI=1S/C19H25NO/c1-4-18(14-16-8-6-5-7-9-16)20-15(2)17-10-12-19(21-3)13-11-17/h5-13,15,18,20H,4,14H2,1-3H3/t15-,18?/m1/s1. The summed E-state index contributed by atoms with van der Waals surface area (Å²) in [5.41, 5.74) is 2.68. The summed E-state index contributed by atoms with van der Waals surface area (Å²) in [6.07, 6.45) is 2.19. The van der Waals surface area contributed by atoms with Gasteiger partial charge in [0.15, 0.2) is 0 Å². The van der Waals surface area contributed by atoms with Crippen LogP contribution in [-0.2, 0) is 6.42 Å². The minimum absolute atomic E-state index is 0.338. The summed E-state index contributed by atoms with van der Waals surface area (Å²) >= 11 is 0. The molecule has 2 aromatic rings. The lowest BCUT2D eigenvalue weighted by atomic mass is 10.0. The summed E-state index contributed by atoms with van der Waals surface area (Å²) in [7, 11) is 1.70. The Balaban J connectivity index is 1.96. The van der Waals surface area contributed by atoms with E-state index in [1.807, 2.05) is 12.1 Å². The van der Waals surface area contributed by atoms with Crippen LogP contribution in [0.3, 0.4) is 0 Å². The molecule has 0 aliphatic rings. The average molecular weight is 283 g/mol.